The van der Waals surface area contributed by atoms with Crippen molar-refractivity contribution in [1.29, 1.82) is 0 Å². The summed E-state index contributed by atoms with van der Waals surface area (Å²) in [5, 5.41) is 8.81. The highest BCUT2D eigenvalue weighted by molar-refractivity contribution is 5.97. The van der Waals surface area contributed by atoms with Gasteiger partial charge in [-0.2, -0.15) is 0 Å². The first-order valence-corrected chi connectivity index (χ1v) is 10.3. The van der Waals surface area contributed by atoms with Crippen LogP contribution in [0.2, 0.25) is 0 Å². The molecular formula is C24H26N4O3. The Labute approximate surface area is 182 Å². The molecule has 0 unspecified atom stereocenters. The standard InChI is InChI=1S/C24H26N4O3/c1-17-4-6-18(7-5-17)21-10-11-23(26-25-21)27-12-14-28(15-13-27)24(29)20-9-8-19(30-2)16-22(20)31-3/h4-11,16H,12-15H2,1-3H3. The van der Waals surface area contributed by atoms with Gasteiger partial charge in [0.1, 0.15) is 11.5 Å². The van der Waals surface area contributed by atoms with E-state index >= 15 is 0 Å². The van der Waals surface area contributed by atoms with Gasteiger partial charge in [0.15, 0.2) is 5.82 Å². The van der Waals surface area contributed by atoms with E-state index in [2.05, 4.69) is 46.3 Å². The third-order valence-electron chi connectivity index (χ3n) is 5.53. The van der Waals surface area contributed by atoms with E-state index in [0.29, 0.717) is 43.2 Å². The van der Waals surface area contributed by atoms with Crippen LogP contribution in [0.1, 0.15) is 15.9 Å². The maximum atomic E-state index is 13.0. The number of carbonyl (C=O) groups is 1. The number of carbonyl (C=O) groups excluding carboxylic acids is 1. The number of piperazine rings is 1. The van der Waals surface area contributed by atoms with Crippen LogP contribution in [-0.2, 0) is 0 Å². The van der Waals surface area contributed by atoms with Crippen LogP contribution in [0.15, 0.2) is 54.6 Å². The first kappa shape index (κ1) is 20.7. The Balaban J connectivity index is 1.40. The van der Waals surface area contributed by atoms with E-state index in [-0.39, 0.29) is 5.91 Å². The first-order valence-electron chi connectivity index (χ1n) is 10.3. The lowest BCUT2D eigenvalue weighted by atomic mass is 10.1. The molecule has 2 heterocycles. The summed E-state index contributed by atoms with van der Waals surface area (Å²) in [6.07, 6.45) is 0. The van der Waals surface area contributed by atoms with Gasteiger partial charge in [-0.05, 0) is 31.2 Å². The van der Waals surface area contributed by atoms with Gasteiger partial charge in [0.05, 0.1) is 25.5 Å². The quantitative estimate of drug-likeness (QED) is 0.632. The minimum Gasteiger partial charge on any atom is -0.497 e. The summed E-state index contributed by atoms with van der Waals surface area (Å²) in [5.41, 5.74) is 3.66. The van der Waals surface area contributed by atoms with Crippen molar-refractivity contribution < 1.29 is 14.3 Å². The van der Waals surface area contributed by atoms with E-state index in [4.69, 9.17) is 9.47 Å². The van der Waals surface area contributed by atoms with Crippen molar-refractivity contribution in [2.75, 3.05) is 45.3 Å². The second kappa shape index (κ2) is 9.04. The van der Waals surface area contributed by atoms with Crippen LogP contribution >= 0.6 is 0 Å². The molecule has 0 spiro atoms. The molecule has 1 aromatic heterocycles. The fraction of sp³-hybridized carbons (Fsp3) is 0.292. The van der Waals surface area contributed by atoms with E-state index in [9.17, 15) is 4.79 Å². The summed E-state index contributed by atoms with van der Waals surface area (Å²) in [5.74, 6) is 1.96. The molecule has 1 aliphatic heterocycles. The minimum atomic E-state index is -0.0417. The Morgan fingerprint density at radius 2 is 1.61 bits per heavy atom. The number of aryl methyl sites for hydroxylation is 1. The number of ether oxygens (including phenoxy) is 2. The summed E-state index contributed by atoms with van der Waals surface area (Å²) in [6, 6.07) is 17.5. The number of hydrogen-bond donors (Lipinski definition) is 0. The van der Waals surface area contributed by atoms with Crippen LogP contribution in [0.5, 0.6) is 11.5 Å². The number of benzene rings is 2. The van der Waals surface area contributed by atoms with Crippen molar-refractivity contribution in [3.8, 4) is 22.8 Å². The number of methoxy groups -OCH3 is 2. The lowest BCUT2D eigenvalue weighted by molar-refractivity contribution is 0.0743. The Morgan fingerprint density at radius 1 is 0.871 bits per heavy atom. The van der Waals surface area contributed by atoms with E-state index in [0.717, 1.165) is 17.1 Å². The van der Waals surface area contributed by atoms with Crippen LogP contribution in [-0.4, -0.2) is 61.4 Å². The lowest BCUT2D eigenvalue weighted by Gasteiger charge is -2.35. The van der Waals surface area contributed by atoms with Gasteiger partial charge in [-0.1, -0.05) is 29.8 Å². The van der Waals surface area contributed by atoms with Crippen LogP contribution < -0.4 is 14.4 Å². The summed E-state index contributed by atoms with van der Waals surface area (Å²) < 4.78 is 10.6. The van der Waals surface area contributed by atoms with Gasteiger partial charge in [0.2, 0.25) is 0 Å². The predicted octanol–water partition coefficient (Wildman–Crippen LogP) is 3.43. The highest BCUT2D eigenvalue weighted by Gasteiger charge is 2.25. The van der Waals surface area contributed by atoms with Crippen LogP contribution in [0.3, 0.4) is 0 Å². The molecular weight excluding hydrogens is 392 g/mol. The molecule has 1 aliphatic rings. The molecule has 1 fully saturated rings. The molecule has 0 N–H and O–H groups in total. The lowest BCUT2D eigenvalue weighted by Crippen LogP contribution is -2.49. The van der Waals surface area contributed by atoms with Gasteiger partial charge < -0.3 is 19.3 Å². The molecule has 1 amide bonds. The molecule has 7 heteroatoms. The number of rotatable bonds is 5. The molecule has 3 aromatic rings. The van der Waals surface area contributed by atoms with Crippen molar-refractivity contribution in [2.24, 2.45) is 0 Å². The van der Waals surface area contributed by atoms with Crippen molar-refractivity contribution in [3.05, 3.63) is 65.7 Å². The molecule has 1 saturated heterocycles. The largest absolute Gasteiger partial charge is 0.497 e. The molecule has 4 rings (SSSR count). The molecule has 31 heavy (non-hydrogen) atoms. The van der Waals surface area contributed by atoms with Crippen LogP contribution in [0.4, 0.5) is 5.82 Å². The number of hydrogen-bond acceptors (Lipinski definition) is 6. The number of nitrogens with zero attached hydrogens (tertiary/aromatic N) is 4. The van der Waals surface area contributed by atoms with Gasteiger partial charge in [-0.25, -0.2) is 0 Å². The van der Waals surface area contributed by atoms with Crippen molar-refractivity contribution in [3.63, 3.8) is 0 Å². The molecule has 160 valence electrons. The summed E-state index contributed by atoms with van der Waals surface area (Å²) in [6.45, 7) is 4.67. The van der Waals surface area contributed by atoms with E-state index in [1.54, 1.807) is 32.4 Å². The van der Waals surface area contributed by atoms with Gasteiger partial charge in [-0.3, -0.25) is 4.79 Å². The van der Waals surface area contributed by atoms with Crippen molar-refractivity contribution >= 4 is 11.7 Å². The SMILES string of the molecule is COc1ccc(C(=O)N2CCN(c3ccc(-c4ccc(C)cc4)nn3)CC2)c(OC)c1. The highest BCUT2D eigenvalue weighted by Crippen LogP contribution is 2.26. The first-order chi connectivity index (χ1) is 15.1. The molecule has 7 nitrogen and oxygen atoms in total. The molecule has 2 aromatic carbocycles. The second-order valence-corrected chi connectivity index (χ2v) is 7.49. The van der Waals surface area contributed by atoms with Crippen LogP contribution in [0.25, 0.3) is 11.3 Å². The molecule has 0 atom stereocenters. The Kier molecular flexibility index (Phi) is 6.02. The van der Waals surface area contributed by atoms with Gasteiger partial charge in [0, 0.05) is 37.8 Å². The summed E-state index contributed by atoms with van der Waals surface area (Å²) in [4.78, 5) is 17.0. The molecule has 0 radical (unpaired) electrons. The van der Waals surface area contributed by atoms with Crippen molar-refractivity contribution in [2.45, 2.75) is 6.92 Å². The fourth-order valence-electron chi connectivity index (χ4n) is 3.66. The maximum Gasteiger partial charge on any atom is 0.257 e. The minimum absolute atomic E-state index is 0.0417. The van der Waals surface area contributed by atoms with Gasteiger partial charge >= 0.3 is 0 Å². The molecule has 0 bridgehead atoms. The number of amides is 1. The Bertz CT molecular complexity index is 1040. The van der Waals surface area contributed by atoms with E-state index < -0.39 is 0 Å². The number of aromatic nitrogens is 2. The predicted molar refractivity (Wildman–Crippen MR) is 120 cm³/mol. The zero-order chi connectivity index (χ0) is 21.8. The van der Waals surface area contributed by atoms with E-state index in [1.165, 1.54) is 5.56 Å². The molecule has 0 saturated carbocycles. The average molecular weight is 418 g/mol. The smallest absolute Gasteiger partial charge is 0.257 e. The third kappa shape index (κ3) is 4.45. The molecule has 0 aliphatic carbocycles. The number of anilines is 1. The normalized spacial score (nSPS) is 13.8. The van der Waals surface area contributed by atoms with Crippen molar-refractivity contribution in [1.82, 2.24) is 15.1 Å². The Hall–Kier alpha value is -3.61. The third-order valence-corrected chi connectivity index (χ3v) is 5.53. The summed E-state index contributed by atoms with van der Waals surface area (Å²) in [7, 11) is 3.15. The zero-order valence-corrected chi connectivity index (χ0v) is 18.0. The zero-order valence-electron chi connectivity index (χ0n) is 18.0. The average Bonchev–Trinajstić information content (AvgIpc) is 2.84. The Morgan fingerprint density at radius 3 is 2.23 bits per heavy atom. The maximum absolute atomic E-state index is 13.0. The fourth-order valence-corrected chi connectivity index (χ4v) is 3.66. The van der Waals surface area contributed by atoms with E-state index in [1.807, 2.05) is 17.0 Å². The van der Waals surface area contributed by atoms with Gasteiger partial charge in [0.25, 0.3) is 5.91 Å². The monoisotopic (exact) mass is 418 g/mol. The van der Waals surface area contributed by atoms with Crippen LogP contribution in [0, 0.1) is 6.92 Å². The van der Waals surface area contributed by atoms with Gasteiger partial charge in [-0.15, -0.1) is 10.2 Å². The second-order valence-electron chi connectivity index (χ2n) is 7.49. The topological polar surface area (TPSA) is 67.8 Å². The highest BCUT2D eigenvalue weighted by atomic mass is 16.5. The summed E-state index contributed by atoms with van der Waals surface area (Å²) >= 11 is 0.